The van der Waals surface area contributed by atoms with Crippen LogP contribution < -0.4 is 10.1 Å². The summed E-state index contributed by atoms with van der Waals surface area (Å²) in [4.78, 5) is 0. The van der Waals surface area contributed by atoms with Crippen LogP contribution >= 0.6 is 0 Å². The highest BCUT2D eigenvalue weighted by Crippen LogP contribution is 2.21. The van der Waals surface area contributed by atoms with Crippen molar-refractivity contribution in [2.24, 2.45) is 0 Å². The summed E-state index contributed by atoms with van der Waals surface area (Å²) >= 11 is 0. The summed E-state index contributed by atoms with van der Waals surface area (Å²) in [5.41, 5.74) is 2.53. The molecule has 1 aromatic carbocycles. The van der Waals surface area contributed by atoms with Crippen LogP contribution in [0.25, 0.3) is 0 Å². The Balaban J connectivity index is 2.31. The Labute approximate surface area is 112 Å². The predicted octanol–water partition coefficient (Wildman–Crippen LogP) is 3.85. The first-order valence-corrected chi connectivity index (χ1v) is 7.08. The third-order valence-corrected chi connectivity index (χ3v) is 3.27. The van der Waals surface area contributed by atoms with Crippen LogP contribution in [-0.4, -0.2) is 19.2 Å². The molecule has 0 heterocycles. The van der Waals surface area contributed by atoms with Crippen LogP contribution in [-0.2, 0) is 0 Å². The van der Waals surface area contributed by atoms with Gasteiger partial charge >= 0.3 is 0 Å². The molecule has 0 aromatic heterocycles. The average molecular weight is 249 g/mol. The van der Waals surface area contributed by atoms with Crippen LogP contribution in [0.2, 0.25) is 0 Å². The van der Waals surface area contributed by atoms with Gasteiger partial charge in [0.05, 0.1) is 0 Å². The molecule has 0 saturated carbocycles. The Hall–Kier alpha value is -1.02. The van der Waals surface area contributed by atoms with E-state index in [0.29, 0.717) is 0 Å². The molecule has 1 unspecified atom stereocenters. The van der Waals surface area contributed by atoms with Crippen molar-refractivity contribution in [1.29, 1.82) is 0 Å². The van der Waals surface area contributed by atoms with Crippen LogP contribution in [0.3, 0.4) is 0 Å². The summed E-state index contributed by atoms with van der Waals surface area (Å²) < 4.78 is 5.97. The molecule has 0 aliphatic rings. The average Bonchev–Trinajstić information content (AvgIpc) is 2.35. The Morgan fingerprint density at radius 2 is 2.00 bits per heavy atom. The maximum Gasteiger partial charge on any atom is 0.122 e. The third-order valence-electron chi connectivity index (χ3n) is 3.27. The molecule has 0 aliphatic heterocycles. The van der Waals surface area contributed by atoms with Gasteiger partial charge in [-0.2, -0.15) is 0 Å². The Morgan fingerprint density at radius 3 is 2.72 bits per heavy atom. The lowest BCUT2D eigenvalue weighted by molar-refractivity contribution is 0.215. The van der Waals surface area contributed by atoms with Crippen molar-refractivity contribution in [3.63, 3.8) is 0 Å². The Bertz CT molecular complexity index is 349. The number of benzene rings is 1. The van der Waals surface area contributed by atoms with Gasteiger partial charge in [-0.1, -0.05) is 31.9 Å². The van der Waals surface area contributed by atoms with E-state index in [9.17, 15) is 0 Å². The first kappa shape index (κ1) is 15.0. The van der Waals surface area contributed by atoms with E-state index in [1.54, 1.807) is 0 Å². The van der Waals surface area contributed by atoms with E-state index in [1.165, 1.54) is 30.4 Å². The summed E-state index contributed by atoms with van der Waals surface area (Å²) in [6.45, 7) is 10.6. The van der Waals surface area contributed by atoms with E-state index in [4.69, 9.17) is 4.74 Å². The van der Waals surface area contributed by atoms with Gasteiger partial charge in [-0.3, -0.25) is 0 Å². The smallest absolute Gasteiger partial charge is 0.122 e. The normalized spacial score (nSPS) is 12.4. The predicted molar refractivity (Wildman–Crippen MR) is 78.4 cm³/mol. The molecule has 0 saturated heterocycles. The zero-order valence-electron chi connectivity index (χ0n) is 12.3. The minimum absolute atomic E-state index is 0.215. The van der Waals surface area contributed by atoms with Gasteiger partial charge in [0.15, 0.2) is 0 Å². The lowest BCUT2D eigenvalue weighted by Gasteiger charge is -2.17. The van der Waals surface area contributed by atoms with Crippen molar-refractivity contribution in [3.8, 4) is 5.75 Å². The zero-order chi connectivity index (χ0) is 13.4. The molecule has 1 N–H and O–H groups in total. The maximum absolute atomic E-state index is 5.97. The first-order valence-electron chi connectivity index (χ1n) is 7.08. The summed E-state index contributed by atoms with van der Waals surface area (Å²) in [5, 5.41) is 3.45. The van der Waals surface area contributed by atoms with E-state index in [2.05, 4.69) is 51.2 Å². The lowest BCUT2D eigenvalue weighted by Crippen LogP contribution is -2.29. The first-order chi connectivity index (χ1) is 8.65. The quantitative estimate of drug-likeness (QED) is 0.707. The van der Waals surface area contributed by atoms with Crippen molar-refractivity contribution in [3.05, 3.63) is 29.3 Å². The van der Waals surface area contributed by atoms with E-state index < -0.39 is 0 Å². The topological polar surface area (TPSA) is 21.3 Å². The largest absolute Gasteiger partial charge is 0.489 e. The highest BCUT2D eigenvalue weighted by atomic mass is 16.5. The SMILES string of the molecule is CCCCCNCC(C)Oc1cccc(C)c1C. The van der Waals surface area contributed by atoms with Crippen molar-refractivity contribution >= 4 is 0 Å². The number of nitrogens with one attached hydrogen (secondary N) is 1. The number of hydrogen-bond donors (Lipinski definition) is 1. The van der Waals surface area contributed by atoms with Crippen LogP contribution in [0.15, 0.2) is 18.2 Å². The molecule has 0 aliphatic carbocycles. The summed E-state index contributed by atoms with van der Waals surface area (Å²) in [7, 11) is 0. The molecule has 0 amide bonds. The molecule has 0 radical (unpaired) electrons. The minimum atomic E-state index is 0.215. The molecule has 1 atom stereocenters. The molecule has 2 heteroatoms. The van der Waals surface area contributed by atoms with Crippen LogP contribution in [0, 0.1) is 13.8 Å². The van der Waals surface area contributed by atoms with Gasteiger partial charge in [0.1, 0.15) is 11.9 Å². The number of hydrogen-bond acceptors (Lipinski definition) is 2. The Kier molecular flexibility index (Phi) is 6.81. The molecule has 0 fully saturated rings. The highest BCUT2D eigenvalue weighted by molar-refractivity contribution is 5.38. The van der Waals surface area contributed by atoms with E-state index in [-0.39, 0.29) is 6.10 Å². The Morgan fingerprint density at radius 1 is 1.22 bits per heavy atom. The number of ether oxygens (including phenoxy) is 1. The summed E-state index contributed by atoms with van der Waals surface area (Å²) in [5.74, 6) is 1.01. The van der Waals surface area contributed by atoms with E-state index in [0.717, 1.165) is 18.8 Å². The lowest BCUT2D eigenvalue weighted by atomic mass is 10.1. The fourth-order valence-electron chi connectivity index (χ4n) is 1.92. The molecular weight excluding hydrogens is 222 g/mol. The van der Waals surface area contributed by atoms with Gasteiger partial charge in [-0.15, -0.1) is 0 Å². The highest BCUT2D eigenvalue weighted by Gasteiger charge is 2.06. The summed E-state index contributed by atoms with van der Waals surface area (Å²) in [6, 6.07) is 6.23. The fraction of sp³-hybridized carbons (Fsp3) is 0.625. The van der Waals surface area contributed by atoms with Gasteiger partial charge in [-0.25, -0.2) is 0 Å². The van der Waals surface area contributed by atoms with E-state index in [1.807, 2.05) is 0 Å². The van der Waals surface area contributed by atoms with Crippen molar-refractivity contribution in [2.45, 2.75) is 53.1 Å². The third kappa shape index (κ3) is 5.09. The molecular formula is C16H27NO. The second-order valence-corrected chi connectivity index (χ2v) is 5.04. The van der Waals surface area contributed by atoms with Gasteiger partial charge in [0.2, 0.25) is 0 Å². The number of rotatable bonds is 8. The molecule has 0 bridgehead atoms. The zero-order valence-corrected chi connectivity index (χ0v) is 12.3. The molecule has 18 heavy (non-hydrogen) atoms. The molecule has 1 rings (SSSR count). The molecule has 102 valence electrons. The summed E-state index contributed by atoms with van der Waals surface area (Å²) in [6.07, 6.45) is 4.05. The van der Waals surface area contributed by atoms with Crippen molar-refractivity contribution in [2.75, 3.05) is 13.1 Å². The van der Waals surface area contributed by atoms with Crippen LogP contribution in [0.1, 0.15) is 44.2 Å². The van der Waals surface area contributed by atoms with Gasteiger partial charge < -0.3 is 10.1 Å². The molecule has 2 nitrogen and oxygen atoms in total. The van der Waals surface area contributed by atoms with Gasteiger partial charge in [0, 0.05) is 6.54 Å². The second kappa shape index (κ2) is 8.15. The number of aryl methyl sites for hydroxylation is 1. The second-order valence-electron chi connectivity index (χ2n) is 5.04. The van der Waals surface area contributed by atoms with Gasteiger partial charge in [-0.05, 0) is 50.9 Å². The van der Waals surface area contributed by atoms with Gasteiger partial charge in [0.25, 0.3) is 0 Å². The van der Waals surface area contributed by atoms with Crippen molar-refractivity contribution in [1.82, 2.24) is 5.32 Å². The maximum atomic E-state index is 5.97. The van der Waals surface area contributed by atoms with Crippen LogP contribution in [0.5, 0.6) is 5.75 Å². The van der Waals surface area contributed by atoms with Crippen LogP contribution in [0.4, 0.5) is 0 Å². The van der Waals surface area contributed by atoms with Crippen molar-refractivity contribution < 1.29 is 4.74 Å². The number of unbranched alkanes of at least 4 members (excludes halogenated alkanes) is 2. The standard InChI is InChI=1S/C16H27NO/c1-5-6-7-11-17-12-14(3)18-16-10-8-9-13(2)15(16)4/h8-10,14,17H,5-7,11-12H2,1-4H3. The monoisotopic (exact) mass is 249 g/mol. The minimum Gasteiger partial charge on any atom is -0.489 e. The van der Waals surface area contributed by atoms with E-state index >= 15 is 0 Å². The molecule has 1 aromatic rings. The molecule has 0 spiro atoms. The fourth-order valence-corrected chi connectivity index (χ4v) is 1.92.